The van der Waals surface area contributed by atoms with E-state index in [1.807, 2.05) is 26.0 Å². The second-order valence-electron chi connectivity index (χ2n) is 3.80. The first kappa shape index (κ1) is 13.5. The molecule has 0 bridgehead atoms. The van der Waals surface area contributed by atoms with Crippen LogP contribution in [0.25, 0.3) is 0 Å². The van der Waals surface area contributed by atoms with Gasteiger partial charge in [-0.25, -0.2) is 0 Å². The van der Waals surface area contributed by atoms with E-state index in [0.29, 0.717) is 19.5 Å². The number of thiophene rings is 1. The van der Waals surface area contributed by atoms with Crippen LogP contribution in [0.2, 0.25) is 4.34 Å². The van der Waals surface area contributed by atoms with Crippen molar-refractivity contribution >= 4 is 28.8 Å². The average Bonchev–Trinajstić information content (AvgIpc) is 2.59. The number of carbonyl (C=O) groups excluding carboxylic acids is 1. The van der Waals surface area contributed by atoms with Gasteiger partial charge in [-0.05, 0) is 26.0 Å². The maximum absolute atomic E-state index is 11.8. The molecular weight excluding hydrogens is 244 g/mol. The zero-order chi connectivity index (χ0) is 12.1. The van der Waals surface area contributed by atoms with Gasteiger partial charge in [-0.2, -0.15) is 0 Å². The number of nitrogens with two attached hydrogens (primary N) is 1. The lowest BCUT2D eigenvalue weighted by Crippen LogP contribution is -2.34. The van der Waals surface area contributed by atoms with Gasteiger partial charge in [-0.1, -0.05) is 11.6 Å². The maximum Gasteiger partial charge on any atom is 0.224 e. The summed E-state index contributed by atoms with van der Waals surface area (Å²) in [7, 11) is 0. The Morgan fingerprint density at radius 1 is 1.62 bits per heavy atom. The summed E-state index contributed by atoms with van der Waals surface area (Å²) in [5.41, 5.74) is 5.62. The van der Waals surface area contributed by atoms with Gasteiger partial charge < -0.3 is 10.6 Å². The number of hydrogen-bond acceptors (Lipinski definition) is 3. The van der Waals surface area contributed by atoms with Gasteiger partial charge in [-0.3, -0.25) is 4.79 Å². The number of halogens is 1. The smallest absolute Gasteiger partial charge is 0.224 e. The maximum atomic E-state index is 11.8. The summed E-state index contributed by atoms with van der Waals surface area (Å²) in [6.45, 7) is 5.13. The SMILES string of the molecule is CCN(Cc1ccc(Cl)s1)C(=O)CC(C)N. The highest BCUT2D eigenvalue weighted by atomic mass is 35.5. The molecule has 0 saturated carbocycles. The lowest BCUT2D eigenvalue weighted by Gasteiger charge is -2.21. The van der Waals surface area contributed by atoms with Gasteiger partial charge in [0.05, 0.1) is 10.9 Å². The first-order valence-electron chi connectivity index (χ1n) is 5.30. The van der Waals surface area contributed by atoms with E-state index in [4.69, 9.17) is 17.3 Å². The van der Waals surface area contributed by atoms with E-state index in [2.05, 4.69) is 0 Å². The molecule has 0 spiro atoms. The molecule has 2 N–H and O–H groups in total. The molecule has 0 saturated heterocycles. The van der Waals surface area contributed by atoms with Crippen LogP contribution in [0.1, 0.15) is 25.1 Å². The lowest BCUT2D eigenvalue weighted by atomic mass is 10.2. The Hall–Kier alpha value is -0.580. The second kappa shape index (κ2) is 6.23. The van der Waals surface area contributed by atoms with Gasteiger partial charge in [0.1, 0.15) is 0 Å². The Kier molecular flexibility index (Phi) is 5.25. The summed E-state index contributed by atoms with van der Waals surface area (Å²) in [4.78, 5) is 14.7. The van der Waals surface area contributed by atoms with Gasteiger partial charge in [0.25, 0.3) is 0 Å². The zero-order valence-electron chi connectivity index (χ0n) is 9.57. The molecule has 1 aromatic heterocycles. The molecule has 0 aliphatic carbocycles. The molecule has 1 rings (SSSR count). The molecule has 0 radical (unpaired) electrons. The summed E-state index contributed by atoms with van der Waals surface area (Å²) >= 11 is 7.35. The van der Waals surface area contributed by atoms with Crippen molar-refractivity contribution in [2.45, 2.75) is 32.9 Å². The Bertz CT molecular complexity index is 352. The standard InChI is InChI=1S/C11H17ClN2OS/c1-3-14(11(15)6-8(2)13)7-9-4-5-10(12)16-9/h4-5,8H,3,6-7,13H2,1-2H3. The van der Waals surface area contributed by atoms with Gasteiger partial charge >= 0.3 is 0 Å². The molecule has 1 aromatic rings. The number of rotatable bonds is 5. The van der Waals surface area contributed by atoms with Crippen molar-refractivity contribution in [2.75, 3.05) is 6.54 Å². The summed E-state index contributed by atoms with van der Waals surface area (Å²) < 4.78 is 0.755. The highest BCUT2D eigenvalue weighted by Gasteiger charge is 2.14. The third-order valence-corrected chi connectivity index (χ3v) is 3.42. The summed E-state index contributed by atoms with van der Waals surface area (Å²) in [5, 5.41) is 0. The fourth-order valence-corrected chi connectivity index (χ4v) is 2.51. The van der Waals surface area contributed by atoms with Crippen LogP contribution in [-0.2, 0) is 11.3 Å². The van der Waals surface area contributed by atoms with Crippen LogP contribution < -0.4 is 5.73 Å². The second-order valence-corrected chi connectivity index (χ2v) is 5.59. The molecule has 1 atom stereocenters. The first-order valence-corrected chi connectivity index (χ1v) is 6.50. The Morgan fingerprint density at radius 2 is 2.31 bits per heavy atom. The average molecular weight is 261 g/mol. The van der Waals surface area contributed by atoms with E-state index in [1.165, 1.54) is 11.3 Å². The lowest BCUT2D eigenvalue weighted by molar-refractivity contribution is -0.131. The highest BCUT2D eigenvalue weighted by Crippen LogP contribution is 2.22. The van der Waals surface area contributed by atoms with Crippen molar-refractivity contribution in [3.63, 3.8) is 0 Å². The molecule has 5 heteroatoms. The van der Waals surface area contributed by atoms with Crippen molar-refractivity contribution in [3.05, 3.63) is 21.3 Å². The normalized spacial score (nSPS) is 12.5. The molecule has 90 valence electrons. The first-order chi connectivity index (χ1) is 7.52. The van der Waals surface area contributed by atoms with E-state index in [-0.39, 0.29) is 11.9 Å². The molecule has 0 fully saturated rings. The fraction of sp³-hybridized carbons (Fsp3) is 0.545. The van der Waals surface area contributed by atoms with Gasteiger partial charge in [0.15, 0.2) is 0 Å². The third kappa shape index (κ3) is 4.12. The molecule has 1 heterocycles. The molecule has 16 heavy (non-hydrogen) atoms. The van der Waals surface area contributed by atoms with Crippen molar-refractivity contribution < 1.29 is 4.79 Å². The molecular formula is C11H17ClN2OS. The van der Waals surface area contributed by atoms with Crippen LogP contribution in [0.3, 0.4) is 0 Å². The van der Waals surface area contributed by atoms with Crippen molar-refractivity contribution in [2.24, 2.45) is 5.73 Å². The minimum atomic E-state index is -0.0894. The predicted octanol–water partition coefficient (Wildman–Crippen LogP) is 2.49. The number of carbonyl (C=O) groups is 1. The van der Waals surface area contributed by atoms with Crippen molar-refractivity contribution in [1.29, 1.82) is 0 Å². The van der Waals surface area contributed by atoms with Gasteiger partial charge in [0, 0.05) is 23.9 Å². The molecule has 0 aromatic carbocycles. The minimum Gasteiger partial charge on any atom is -0.338 e. The van der Waals surface area contributed by atoms with Crippen LogP contribution in [0, 0.1) is 0 Å². The molecule has 1 amide bonds. The van der Waals surface area contributed by atoms with E-state index in [9.17, 15) is 4.79 Å². The van der Waals surface area contributed by atoms with Gasteiger partial charge in [0.2, 0.25) is 5.91 Å². The van der Waals surface area contributed by atoms with Crippen LogP contribution in [0.4, 0.5) is 0 Å². The number of amides is 1. The van der Waals surface area contributed by atoms with E-state index < -0.39 is 0 Å². The summed E-state index contributed by atoms with van der Waals surface area (Å²) in [6, 6.07) is 3.72. The van der Waals surface area contributed by atoms with Crippen LogP contribution >= 0.6 is 22.9 Å². The van der Waals surface area contributed by atoms with Crippen LogP contribution in [-0.4, -0.2) is 23.4 Å². The monoisotopic (exact) mass is 260 g/mol. The zero-order valence-corrected chi connectivity index (χ0v) is 11.1. The van der Waals surface area contributed by atoms with Crippen LogP contribution in [0.5, 0.6) is 0 Å². The number of nitrogens with zero attached hydrogens (tertiary/aromatic N) is 1. The van der Waals surface area contributed by atoms with Crippen molar-refractivity contribution in [1.82, 2.24) is 4.90 Å². The quantitative estimate of drug-likeness (QED) is 0.884. The molecule has 3 nitrogen and oxygen atoms in total. The number of hydrogen-bond donors (Lipinski definition) is 1. The molecule has 0 aliphatic heterocycles. The molecule has 1 unspecified atom stereocenters. The minimum absolute atomic E-state index is 0.0894. The summed E-state index contributed by atoms with van der Waals surface area (Å²) in [6.07, 6.45) is 0.396. The largest absolute Gasteiger partial charge is 0.338 e. The Labute approximate surface area is 105 Å². The van der Waals surface area contributed by atoms with E-state index >= 15 is 0 Å². The van der Waals surface area contributed by atoms with E-state index in [0.717, 1.165) is 9.21 Å². The van der Waals surface area contributed by atoms with Gasteiger partial charge in [-0.15, -0.1) is 11.3 Å². The fourth-order valence-electron chi connectivity index (χ4n) is 1.41. The van der Waals surface area contributed by atoms with E-state index in [1.54, 1.807) is 4.90 Å². The topological polar surface area (TPSA) is 46.3 Å². The van der Waals surface area contributed by atoms with Crippen LogP contribution in [0.15, 0.2) is 12.1 Å². The Balaban J connectivity index is 2.58. The summed E-state index contributed by atoms with van der Waals surface area (Å²) in [5.74, 6) is 0.0991. The molecule has 0 aliphatic rings. The predicted molar refractivity (Wildman–Crippen MR) is 68.7 cm³/mol. The third-order valence-electron chi connectivity index (χ3n) is 2.21. The highest BCUT2D eigenvalue weighted by molar-refractivity contribution is 7.16. The van der Waals surface area contributed by atoms with Crippen molar-refractivity contribution in [3.8, 4) is 0 Å². The Morgan fingerprint density at radius 3 is 2.75 bits per heavy atom.